The van der Waals surface area contributed by atoms with Gasteiger partial charge in [0.05, 0.1) is 19.3 Å². The van der Waals surface area contributed by atoms with E-state index >= 15 is 0 Å². The maximum absolute atomic E-state index is 12.6. The summed E-state index contributed by atoms with van der Waals surface area (Å²) in [5, 5.41) is 3.08. The summed E-state index contributed by atoms with van der Waals surface area (Å²) in [5.41, 5.74) is 3.97. The molecule has 1 aliphatic heterocycles. The molecule has 0 saturated carbocycles. The van der Waals surface area contributed by atoms with Gasteiger partial charge >= 0.3 is 0 Å². The van der Waals surface area contributed by atoms with Crippen LogP contribution < -0.4 is 10.1 Å². The number of carbonyl (C=O) groups is 1. The highest BCUT2D eigenvalue weighted by molar-refractivity contribution is 5.77. The molecule has 1 saturated heterocycles. The van der Waals surface area contributed by atoms with Crippen LogP contribution in [0.25, 0.3) is 0 Å². The lowest BCUT2D eigenvalue weighted by atomic mass is 9.86. The van der Waals surface area contributed by atoms with E-state index in [0.717, 1.165) is 26.3 Å². The Morgan fingerprint density at radius 3 is 1.94 bits per heavy atom. The fourth-order valence-electron chi connectivity index (χ4n) is 4.01. The summed E-state index contributed by atoms with van der Waals surface area (Å²) in [5.74, 6) is 0.597. The van der Waals surface area contributed by atoms with E-state index in [1.54, 1.807) is 0 Å². The first-order valence-corrected chi connectivity index (χ1v) is 12.0. The third kappa shape index (κ3) is 7.31. The number of carbonyl (C=O) groups excluding carboxylic acids is 1. The van der Waals surface area contributed by atoms with Gasteiger partial charge in [0.1, 0.15) is 5.75 Å². The van der Waals surface area contributed by atoms with Gasteiger partial charge < -0.3 is 14.8 Å². The second-order valence-corrected chi connectivity index (χ2v) is 10.9. The molecule has 2 aromatic carbocycles. The molecule has 0 radical (unpaired) electrons. The molecule has 180 valence electrons. The number of amides is 1. The Morgan fingerprint density at radius 1 is 0.909 bits per heavy atom. The van der Waals surface area contributed by atoms with Gasteiger partial charge in [0.2, 0.25) is 0 Å². The third-order valence-electron chi connectivity index (χ3n) is 6.23. The molecule has 1 aliphatic rings. The Balaban J connectivity index is 1.60. The summed E-state index contributed by atoms with van der Waals surface area (Å²) in [6, 6.07) is 16.9. The fourth-order valence-corrected chi connectivity index (χ4v) is 4.01. The monoisotopic (exact) mass is 452 g/mol. The summed E-state index contributed by atoms with van der Waals surface area (Å²) in [7, 11) is 0. The van der Waals surface area contributed by atoms with Crippen molar-refractivity contribution in [2.45, 2.75) is 58.4 Å². The largest absolute Gasteiger partial charge is 0.484 e. The van der Waals surface area contributed by atoms with E-state index in [0.29, 0.717) is 12.3 Å². The van der Waals surface area contributed by atoms with Crippen molar-refractivity contribution >= 4 is 5.91 Å². The normalized spacial score (nSPS) is 16.3. The number of ether oxygens (including phenoxy) is 2. The molecule has 1 N–H and O–H groups in total. The summed E-state index contributed by atoms with van der Waals surface area (Å²) < 4.78 is 11.3. The molecule has 0 spiro atoms. The highest BCUT2D eigenvalue weighted by atomic mass is 16.5. The van der Waals surface area contributed by atoms with Crippen LogP contribution in [-0.4, -0.2) is 50.3 Å². The van der Waals surface area contributed by atoms with Crippen LogP contribution >= 0.6 is 0 Å². The Kier molecular flexibility index (Phi) is 8.19. The smallest absolute Gasteiger partial charge is 0.258 e. The maximum Gasteiger partial charge on any atom is 0.258 e. The molecule has 1 heterocycles. The molecule has 1 fully saturated rings. The highest BCUT2D eigenvalue weighted by Gasteiger charge is 2.24. The van der Waals surface area contributed by atoms with E-state index in [4.69, 9.17) is 9.47 Å². The molecule has 5 heteroatoms. The highest BCUT2D eigenvalue weighted by Crippen LogP contribution is 2.27. The van der Waals surface area contributed by atoms with Gasteiger partial charge in [0, 0.05) is 19.6 Å². The molecule has 1 atom stereocenters. The number of hydrogen-bond acceptors (Lipinski definition) is 4. The van der Waals surface area contributed by atoms with Crippen LogP contribution in [-0.2, 0) is 20.4 Å². The molecule has 1 unspecified atom stereocenters. The maximum atomic E-state index is 12.6. The third-order valence-corrected chi connectivity index (χ3v) is 6.23. The van der Waals surface area contributed by atoms with Crippen LogP contribution in [0.5, 0.6) is 5.75 Å². The van der Waals surface area contributed by atoms with Gasteiger partial charge in [-0.05, 0) is 39.7 Å². The van der Waals surface area contributed by atoms with Gasteiger partial charge in [-0.25, -0.2) is 0 Å². The van der Waals surface area contributed by atoms with E-state index in [-0.39, 0.29) is 29.4 Å². The minimum atomic E-state index is -0.112. The second-order valence-electron chi connectivity index (χ2n) is 10.9. The minimum absolute atomic E-state index is 0.00760. The summed E-state index contributed by atoms with van der Waals surface area (Å²) >= 11 is 0. The predicted octanol–water partition coefficient (Wildman–Crippen LogP) is 4.85. The molecule has 33 heavy (non-hydrogen) atoms. The first kappa shape index (κ1) is 25.3. The predicted molar refractivity (Wildman–Crippen MR) is 134 cm³/mol. The Bertz CT molecular complexity index is 887. The van der Waals surface area contributed by atoms with Crippen LogP contribution in [0.15, 0.2) is 48.5 Å². The quantitative estimate of drug-likeness (QED) is 0.652. The first-order chi connectivity index (χ1) is 15.5. The van der Waals surface area contributed by atoms with Crippen molar-refractivity contribution in [2.24, 2.45) is 0 Å². The van der Waals surface area contributed by atoms with E-state index in [1.807, 2.05) is 12.1 Å². The van der Waals surface area contributed by atoms with E-state index in [9.17, 15) is 4.79 Å². The van der Waals surface area contributed by atoms with Gasteiger partial charge in [0.15, 0.2) is 6.61 Å². The van der Waals surface area contributed by atoms with Crippen molar-refractivity contribution in [3.05, 3.63) is 65.2 Å². The van der Waals surface area contributed by atoms with Crippen molar-refractivity contribution in [3.63, 3.8) is 0 Å². The van der Waals surface area contributed by atoms with Crippen molar-refractivity contribution in [1.82, 2.24) is 10.2 Å². The average Bonchev–Trinajstić information content (AvgIpc) is 2.78. The number of morpholine rings is 1. The van der Waals surface area contributed by atoms with Crippen molar-refractivity contribution in [2.75, 3.05) is 39.5 Å². The Hall–Kier alpha value is -2.37. The van der Waals surface area contributed by atoms with Crippen LogP contribution in [0.4, 0.5) is 0 Å². The first-order valence-electron chi connectivity index (χ1n) is 12.0. The zero-order valence-corrected chi connectivity index (χ0v) is 21.1. The molecule has 1 amide bonds. The van der Waals surface area contributed by atoms with Gasteiger partial charge in [-0.1, -0.05) is 77.9 Å². The van der Waals surface area contributed by atoms with E-state index in [1.165, 1.54) is 16.7 Å². The van der Waals surface area contributed by atoms with Crippen molar-refractivity contribution < 1.29 is 14.3 Å². The van der Waals surface area contributed by atoms with Crippen molar-refractivity contribution in [1.29, 1.82) is 0 Å². The SMILES string of the molecule is CC(C)(C)c1ccc(OCC(=O)NCC(c2ccc(C(C)(C)C)cc2)N2CCOCC2)cc1. The molecule has 0 aromatic heterocycles. The standard InChI is InChI=1S/C28H40N2O3/c1-27(2,3)22-9-7-21(8-10-22)25(30-15-17-32-18-16-30)19-29-26(31)20-33-24-13-11-23(12-14-24)28(4,5)6/h7-14,25H,15-20H2,1-6H3,(H,29,31). The van der Waals surface area contributed by atoms with Crippen molar-refractivity contribution in [3.8, 4) is 5.75 Å². The zero-order chi connectivity index (χ0) is 24.1. The number of benzene rings is 2. The molecule has 5 nitrogen and oxygen atoms in total. The molecule has 2 aromatic rings. The summed E-state index contributed by atoms with van der Waals surface area (Å²) in [6.45, 7) is 16.9. The Morgan fingerprint density at radius 2 is 1.42 bits per heavy atom. The number of rotatable bonds is 7. The summed E-state index contributed by atoms with van der Waals surface area (Å²) in [6.07, 6.45) is 0. The van der Waals surface area contributed by atoms with Crippen LogP contribution in [0.2, 0.25) is 0 Å². The van der Waals surface area contributed by atoms with Crippen LogP contribution in [0, 0.1) is 0 Å². The summed E-state index contributed by atoms with van der Waals surface area (Å²) in [4.78, 5) is 15.0. The Labute approximate surface area is 199 Å². The molecule has 0 bridgehead atoms. The number of nitrogens with zero attached hydrogens (tertiary/aromatic N) is 1. The van der Waals surface area contributed by atoms with E-state index < -0.39 is 0 Å². The molecule has 0 aliphatic carbocycles. The van der Waals surface area contributed by atoms with Gasteiger partial charge in [-0.3, -0.25) is 9.69 Å². The molecule has 3 rings (SSSR count). The lowest BCUT2D eigenvalue weighted by Gasteiger charge is -2.35. The second kappa shape index (κ2) is 10.7. The zero-order valence-electron chi connectivity index (χ0n) is 21.1. The topological polar surface area (TPSA) is 50.8 Å². The van der Waals surface area contributed by atoms with Crippen LogP contribution in [0.3, 0.4) is 0 Å². The fraction of sp³-hybridized carbons (Fsp3) is 0.536. The lowest BCUT2D eigenvalue weighted by Crippen LogP contribution is -2.44. The minimum Gasteiger partial charge on any atom is -0.484 e. The van der Waals surface area contributed by atoms with Gasteiger partial charge in [-0.2, -0.15) is 0 Å². The average molecular weight is 453 g/mol. The van der Waals surface area contributed by atoms with Crippen LogP contribution in [0.1, 0.15) is 64.3 Å². The molecular formula is C28H40N2O3. The lowest BCUT2D eigenvalue weighted by molar-refractivity contribution is -0.123. The van der Waals surface area contributed by atoms with Gasteiger partial charge in [-0.15, -0.1) is 0 Å². The van der Waals surface area contributed by atoms with Gasteiger partial charge in [0.25, 0.3) is 5.91 Å². The number of hydrogen-bond donors (Lipinski definition) is 1. The van der Waals surface area contributed by atoms with E-state index in [2.05, 4.69) is 88.2 Å². The molecular weight excluding hydrogens is 412 g/mol. The number of nitrogens with one attached hydrogen (secondary N) is 1.